The quantitative estimate of drug-likeness (QED) is 0.281. The minimum atomic E-state index is -5.83. The standard InChI is InChI=1S/C26H27F9O/c27-13-1-2-16-3-5-17(6-4-16)7-8-18-14-21(28)23(22(29)15-18)19-9-11-20(12-10-19)36-26(34,35)24(30)25(31,32)33/h9-12,14-17,24H,1-8,13H2. The Morgan fingerprint density at radius 3 is 1.86 bits per heavy atom. The molecule has 0 spiro atoms. The summed E-state index contributed by atoms with van der Waals surface area (Å²) in [5, 5.41) is 0. The summed E-state index contributed by atoms with van der Waals surface area (Å²) in [6.07, 6.45) is -8.78. The van der Waals surface area contributed by atoms with Gasteiger partial charge in [-0.1, -0.05) is 37.8 Å². The van der Waals surface area contributed by atoms with Crippen molar-refractivity contribution >= 4 is 0 Å². The lowest BCUT2D eigenvalue weighted by molar-refractivity contribution is -0.304. The predicted octanol–water partition coefficient (Wildman–Crippen LogP) is 8.99. The smallest absolute Gasteiger partial charge is 0.430 e. The highest BCUT2D eigenvalue weighted by Crippen LogP contribution is 2.38. The molecule has 0 radical (unpaired) electrons. The van der Waals surface area contributed by atoms with E-state index >= 15 is 0 Å². The zero-order valence-electron chi connectivity index (χ0n) is 19.4. The van der Waals surface area contributed by atoms with E-state index in [0.29, 0.717) is 30.2 Å². The van der Waals surface area contributed by atoms with E-state index in [1.165, 1.54) is 12.1 Å². The van der Waals surface area contributed by atoms with Crippen molar-refractivity contribution in [3.05, 3.63) is 53.6 Å². The van der Waals surface area contributed by atoms with E-state index < -0.39 is 41.4 Å². The molecule has 1 fully saturated rings. The molecule has 200 valence electrons. The molecule has 36 heavy (non-hydrogen) atoms. The van der Waals surface area contributed by atoms with Gasteiger partial charge in [0.05, 0.1) is 12.2 Å². The second-order valence-corrected chi connectivity index (χ2v) is 9.28. The van der Waals surface area contributed by atoms with E-state index in [-0.39, 0.29) is 12.2 Å². The number of ether oxygens (including phenoxy) is 1. The summed E-state index contributed by atoms with van der Waals surface area (Å²) in [7, 11) is 0. The maximum absolute atomic E-state index is 14.7. The van der Waals surface area contributed by atoms with Crippen molar-refractivity contribution < 1.29 is 44.3 Å². The van der Waals surface area contributed by atoms with Crippen molar-refractivity contribution in [2.24, 2.45) is 11.8 Å². The fourth-order valence-electron chi connectivity index (χ4n) is 4.68. The van der Waals surface area contributed by atoms with Gasteiger partial charge in [0.15, 0.2) is 0 Å². The van der Waals surface area contributed by atoms with Gasteiger partial charge in [-0.15, -0.1) is 0 Å². The average molecular weight is 526 g/mol. The lowest BCUT2D eigenvalue weighted by Gasteiger charge is -2.28. The van der Waals surface area contributed by atoms with Crippen molar-refractivity contribution in [3.63, 3.8) is 0 Å². The first-order valence-corrected chi connectivity index (χ1v) is 11.8. The number of aryl methyl sites for hydroxylation is 1. The maximum Gasteiger partial charge on any atom is 0.439 e. The van der Waals surface area contributed by atoms with Crippen molar-refractivity contribution in [1.29, 1.82) is 0 Å². The molecule has 2 aromatic rings. The first-order valence-electron chi connectivity index (χ1n) is 11.8. The maximum atomic E-state index is 14.7. The normalized spacial score (nSPS) is 19.8. The van der Waals surface area contributed by atoms with E-state index in [2.05, 4.69) is 4.74 Å². The van der Waals surface area contributed by atoms with Gasteiger partial charge in [0, 0.05) is 0 Å². The topological polar surface area (TPSA) is 9.23 Å². The number of hydrogen-bond acceptors (Lipinski definition) is 1. The Bertz CT molecular complexity index is 957. The summed E-state index contributed by atoms with van der Waals surface area (Å²) in [5.74, 6) is -1.58. The third-order valence-corrected chi connectivity index (χ3v) is 6.63. The summed E-state index contributed by atoms with van der Waals surface area (Å²) < 4.78 is 122. The molecule has 10 heteroatoms. The van der Waals surface area contributed by atoms with Crippen LogP contribution in [0.15, 0.2) is 36.4 Å². The highest BCUT2D eigenvalue weighted by molar-refractivity contribution is 5.66. The number of benzene rings is 2. The first-order chi connectivity index (χ1) is 16.9. The molecule has 0 heterocycles. The molecule has 1 aliphatic carbocycles. The van der Waals surface area contributed by atoms with E-state index in [9.17, 15) is 39.5 Å². The first kappa shape index (κ1) is 28.2. The third kappa shape index (κ3) is 7.32. The van der Waals surface area contributed by atoms with Crippen LogP contribution in [0.25, 0.3) is 11.1 Å². The molecule has 1 atom stereocenters. The van der Waals surface area contributed by atoms with Gasteiger partial charge >= 0.3 is 12.3 Å². The fraction of sp³-hybridized carbons (Fsp3) is 0.538. The van der Waals surface area contributed by atoms with Crippen LogP contribution in [0.5, 0.6) is 5.75 Å². The number of alkyl halides is 7. The van der Waals surface area contributed by atoms with Gasteiger partial charge in [0.25, 0.3) is 6.17 Å². The van der Waals surface area contributed by atoms with Crippen molar-refractivity contribution in [1.82, 2.24) is 0 Å². The van der Waals surface area contributed by atoms with Crippen molar-refractivity contribution in [2.45, 2.75) is 69.8 Å². The summed E-state index contributed by atoms with van der Waals surface area (Å²) in [5.41, 5.74) is -0.00966. The fourth-order valence-corrected chi connectivity index (χ4v) is 4.68. The molecule has 1 aliphatic rings. The lowest BCUT2D eigenvalue weighted by atomic mass is 9.78. The Morgan fingerprint density at radius 1 is 0.833 bits per heavy atom. The SMILES string of the molecule is FCCCC1CCC(CCc2cc(F)c(-c3ccc(OC(F)(F)C(F)C(F)(F)F)cc3)c(F)c2)CC1. The highest BCUT2D eigenvalue weighted by Gasteiger charge is 2.59. The number of halogens is 9. The third-order valence-electron chi connectivity index (χ3n) is 6.63. The molecule has 0 aromatic heterocycles. The molecule has 3 rings (SSSR count). The Hall–Kier alpha value is -2.39. The molecular weight excluding hydrogens is 499 g/mol. The molecule has 0 amide bonds. The van der Waals surface area contributed by atoms with Crippen LogP contribution in [0.1, 0.15) is 50.5 Å². The minimum absolute atomic E-state index is 0.0496. The zero-order valence-corrected chi connectivity index (χ0v) is 19.4. The Labute approximate surface area is 203 Å². The van der Waals surface area contributed by atoms with Gasteiger partial charge < -0.3 is 4.74 Å². The molecule has 0 bridgehead atoms. The minimum Gasteiger partial charge on any atom is -0.430 e. The van der Waals surface area contributed by atoms with Gasteiger partial charge in [0.1, 0.15) is 17.4 Å². The Kier molecular flexibility index (Phi) is 9.22. The van der Waals surface area contributed by atoms with Crippen LogP contribution < -0.4 is 4.74 Å². The van der Waals surface area contributed by atoms with Crippen LogP contribution in [0.3, 0.4) is 0 Å². The van der Waals surface area contributed by atoms with Gasteiger partial charge in [-0.3, -0.25) is 4.39 Å². The van der Waals surface area contributed by atoms with Crippen LogP contribution in [0.2, 0.25) is 0 Å². The van der Waals surface area contributed by atoms with Gasteiger partial charge in [0.2, 0.25) is 0 Å². The summed E-state index contributed by atoms with van der Waals surface area (Å²) >= 11 is 0. The molecule has 1 unspecified atom stereocenters. The molecule has 0 N–H and O–H groups in total. The van der Waals surface area contributed by atoms with Gasteiger partial charge in [-0.05, 0) is 72.9 Å². The van der Waals surface area contributed by atoms with Crippen LogP contribution in [-0.4, -0.2) is 25.1 Å². The Morgan fingerprint density at radius 2 is 1.36 bits per heavy atom. The molecule has 1 saturated carbocycles. The zero-order chi connectivity index (χ0) is 26.5. The van der Waals surface area contributed by atoms with Crippen LogP contribution in [0, 0.1) is 23.5 Å². The Balaban J connectivity index is 1.61. The molecule has 1 nitrogen and oxygen atoms in total. The summed E-state index contributed by atoms with van der Waals surface area (Å²) in [6, 6.07) is 5.94. The number of rotatable bonds is 10. The largest absolute Gasteiger partial charge is 0.439 e. The van der Waals surface area contributed by atoms with Gasteiger partial charge in [-0.2, -0.15) is 22.0 Å². The monoisotopic (exact) mass is 526 g/mol. The van der Waals surface area contributed by atoms with Crippen molar-refractivity contribution in [2.75, 3.05) is 6.67 Å². The molecule has 0 saturated heterocycles. The predicted molar refractivity (Wildman–Crippen MR) is 117 cm³/mol. The van der Waals surface area contributed by atoms with Crippen LogP contribution in [0.4, 0.5) is 39.5 Å². The highest BCUT2D eigenvalue weighted by atomic mass is 19.4. The lowest BCUT2D eigenvalue weighted by Crippen LogP contribution is -2.45. The second kappa shape index (κ2) is 11.8. The average Bonchev–Trinajstić information content (AvgIpc) is 2.81. The van der Waals surface area contributed by atoms with E-state index in [1.807, 2.05) is 0 Å². The van der Waals surface area contributed by atoms with Crippen molar-refractivity contribution in [3.8, 4) is 16.9 Å². The van der Waals surface area contributed by atoms with E-state index in [1.54, 1.807) is 0 Å². The molecular formula is C26H27F9O. The van der Waals surface area contributed by atoms with Gasteiger partial charge in [-0.25, -0.2) is 13.2 Å². The van der Waals surface area contributed by atoms with E-state index in [0.717, 1.165) is 62.8 Å². The van der Waals surface area contributed by atoms with Crippen LogP contribution in [-0.2, 0) is 6.42 Å². The second-order valence-electron chi connectivity index (χ2n) is 9.28. The van der Waals surface area contributed by atoms with E-state index in [4.69, 9.17) is 0 Å². The van der Waals surface area contributed by atoms with Crippen LogP contribution >= 0.6 is 0 Å². The summed E-state index contributed by atoms with van der Waals surface area (Å²) in [4.78, 5) is 0. The molecule has 2 aromatic carbocycles. The summed E-state index contributed by atoms with van der Waals surface area (Å²) in [6.45, 7) is -0.303. The number of hydrogen-bond donors (Lipinski definition) is 0. The molecule has 0 aliphatic heterocycles.